The molecule has 1 aliphatic heterocycles. The van der Waals surface area contributed by atoms with Gasteiger partial charge < -0.3 is 5.32 Å². The molecule has 1 saturated heterocycles. The summed E-state index contributed by atoms with van der Waals surface area (Å²) < 4.78 is 0. The van der Waals surface area contributed by atoms with E-state index < -0.39 is 0 Å². The van der Waals surface area contributed by atoms with Crippen LogP contribution < -0.4 is 5.32 Å². The normalized spacial score (nSPS) is 19.8. The molecule has 1 aromatic rings. The molecule has 0 saturated carbocycles. The van der Waals surface area contributed by atoms with Crippen LogP contribution in [0.4, 0.5) is 0 Å². The quantitative estimate of drug-likeness (QED) is 0.880. The molecular formula is C16H24N2O. The molecule has 1 fully saturated rings. The van der Waals surface area contributed by atoms with Crippen LogP contribution >= 0.6 is 0 Å². The van der Waals surface area contributed by atoms with Gasteiger partial charge in [0, 0.05) is 13.1 Å². The van der Waals surface area contributed by atoms with Crippen LogP contribution in [-0.2, 0) is 4.79 Å². The van der Waals surface area contributed by atoms with Gasteiger partial charge in [0.25, 0.3) is 0 Å². The fraction of sp³-hybridized carbons (Fsp3) is 0.562. The first-order valence-corrected chi connectivity index (χ1v) is 7.19. The van der Waals surface area contributed by atoms with Gasteiger partial charge in [-0.2, -0.15) is 0 Å². The summed E-state index contributed by atoms with van der Waals surface area (Å²) in [5.41, 5.74) is 1.40. The van der Waals surface area contributed by atoms with Crippen molar-refractivity contribution in [2.75, 3.05) is 26.2 Å². The highest BCUT2D eigenvalue weighted by atomic mass is 16.2. The molecule has 0 radical (unpaired) electrons. The maximum Gasteiger partial charge on any atom is 0.234 e. The standard InChI is InChI=1S/C16H24N2O/c1-13(2)10-17-16(19)12-18-9-8-15(11-18)14-6-4-3-5-7-14/h3-7,13,15H,8-12H2,1-2H3,(H,17,19)/t15-/m1/s1. The molecule has 0 unspecified atom stereocenters. The molecule has 0 spiro atoms. The third-order valence-electron chi connectivity index (χ3n) is 3.62. The zero-order chi connectivity index (χ0) is 13.7. The second-order valence-corrected chi connectivity index (χ2v) is 5.83. The summed E-state index contributed by atoms with van der Waals surface area (Å²) in [5, 5.41) is 2.98. The second-order valence-electron chi connectivity index (χ2n) is 5.83. The van der Waals surface area contributed by atoms with E-state index in [0.29, 0.717) is 18.4 Å². The van der Waals surface area contributed by atoms with E-state index in [0.717, 1.165) is 26.1 Å². The van der Waals surface area contributed by atoms with Crippen molar-refractivity contribution in [3.05, 3.63) is 35.9 Å². The smallest absolute Gasteiger partial charge is 0.234 e. The Kier molecular flexibility index (Phi) is 4.97. The minimum Gasteiger partial charge on any atom is -0.355 e. The highest BCUT2D eigenvalue weighted by molar-refractivity contribution is 5.78. The molecule has 1 aliphatic rings. The predicted octanol–water partition coefficient (Wildman–Crippen LogP) is 2.25. The van der Waals surface area contributed by atoms with E-state index in [1.165, 1.54) is 5.56 Å². The van der Waals surface area contributed by atoms with Crippen molar-refractivity contribution in [2.45, 2.75) is 26.2 Å². The summed E-state index contributed by atoms with van der Waals surface area (Å²) in [6.45, 7) is 7.56. The summed E-state index contributed by atoms with van der Waals surface area (Å²) in [6, 6.07) is 10.6. The number of hydrogen-bond acceptors (Lipinski definition) is 2. The summed E-state index contributed by atoms with van der Waals surface area (Å²) in [5.74, 6) is 1.25. The number of amides is 1. The SMILES string of the molecule is CC(C)CNC(=O)CN1CC[C@@H](c2ccccc2)C1. The average molecular weight is 260 g/mol. The first-order valence-electron chi connectivity index (χ1n) is 7.19. The van der Waals surface area contributed by atoms with Crippen LogP contribution in [0, 0.1) is 5.92 Å². The monoisotopic (exact) mass is 260 g/mol. The molecule has 0 bridgehead atoms. The van der Waals surface area contributed by atoms with Crippen LogP contribution in [0.5, 0.6) is 0 Å². The van der Waals surface area contributed by atoms with Crippen LogP contribution in [0.2, 0.25) is 0 Å². The van der Waals surface area contributed by atoms with Gasteiger partial charge in [-0.3, -0.25) is 9.69 Å². The van der Waals surface area contributed by atoms with Crippen molar-refractivity contribution in [3.63, 3.8) is 0 Å². The Morgan fingerprint density at radius 3 is 2.79 bits per heavy atom. The Balaban J connectivity index is 1.78. The van der Waals surface area contributed by atoms with E-state index in [9.17, 15) is 4.79 Å². The van der Waals surface area contributed by atoms with Gasteiger partial charge in [-0.05, 0) is 30.4 Å². The predicted molar refractivity (Wildman–Crippen MR) is 78.1 cm³/mol. The van der Waals surface area contributed by atoms with Gasteiger partial charge in [0.15, 0.2) is 0 Å². The fourth-order valence-corrected chi connectivity index (χ4v) is 2.55. The third kappa shape index (κ3) is 4.35. The van der Waals surface area contributed by atoms with Crippen LogP contribution in [0.3, 0.4) is 0 Å². The number of benzene rings is 1. The molecule has 0 aliphatic carbocycles. The zero-order valence-corrected chi connectivity index (χ0v) is 11.9. The number of carbonyl (C=O) groups is 1. The number of likely N-dealkylation sites (tertiary alicyclic amines) is 1. The molecule has 3 heteroatoms. The molecular weight excluding hydrogens is 236 g/mol. The van der Waals surface area contributed by atoms with Crippen LogP contribution in [0.25, 0.3) is 0 Å². The van der Waals surface area contributed by atoms with Crippen LogP contribution in [0.1, 0.15) is 31.7 Å². The molecule has 1 heterocycles. The third-order valence-corrected chi connectivity index (χ3v) is 3.62. The second kappa shape index (κ2) is 6.71. The summed E-state index contributed by atoms with van der Waals surface area (Å²) in [4.78, 5) is 14.1. The maximum atomic E-state index is 11.8. The highest BCUT2D eigenvalue weighted by Gasteiger charge is 2.24. The van der Waals surface area contributed by atoms with Crippen LogP contribution in [0.15, 0.2) is 30.3 Å². The van der Waals surface area contributed by atoms with Crippen molar-refractivity contribution in [3.8, 4) is 0 Å². The van der Waals surface area contributed by atoms with Crippen LogP contribution in [-0.4, -0.2) is 37.0 Å². The van der Waals surface area contributed by atoms with E-state index in [1.54, 1.807) is 0 Å². The lowest BCUT2D eigenvalue weighted by atomic mass is 9.99. The highest BCUT2D eigenvalue weighted by Crippen LogP contribution is 2.26. The van der Waals surface area contributed by atoms with Gasteiger partial charge in [0.1, 0.15) is 0 Å². The van der Waals surface area contributed by atoms with Crippen molar-refractivity contribution in [1.82, 2.24) is 10.2 Å². The molecule has 2 rings (SSSR count). The topological polar surface area (TPSA) is 32.3 Å². The number of nitrogens with zero attached hydrogens (tertiary/aromatic N) is 1. The van der Waals surface area contributed by atoms with Crippen molar-refractivity contribution in [1.29, 1.82) is 0 Å². The molecule has 1 aromatic carbocycles. The van der Waals surface area contributed by atoms with Crippen molar-refractivity contribution < 1.29 is 4.79 Å². The molecule has 104 valence electrons. The fourth-order valence-electron chi connectivity index (χ4n) is 2.55. The van der Waals surface area contributed by atoms with E-state index in [4.69, 9.17) is 0 Å². The Hall–Kier alpha value is -1.35. The van der Waals surface area contributed by atoms with E-state index in [2.05, 4.69) is 54.4 Å². The lowest BCUT2D eigenvalue weighted by molar-refractivity contribution is -0.122. The lowest BCUT2D eigenvalue weighted by Crippen LogP contribution is -2.37. The minimum atomic E-state index is 0.155. The Morgan fingerprint density at radius 1 is 1.37 bits per heavy atom. The zero-order valence-electron chi connectivity index (χ0n) is 11.9. The first kappa shape index (κ1) is 14.1. The molecule has 0 aromatic heterocycles. The van der Waals surface area contributed by atoms with Gasteiger partial charge >= 0.3 is 0 Å². The Labute approximate surface area is 116 Å². The Bertz CT molecular complexity index is 402. The van der Waals surface area contributed by atoms with Crippen molar-refractivity contribution >= 4 is 5.91 Å². The lowest BCUT2D eigenvalue weighted by Gasteiger charge is -2.16. The number of hydrogen-bond donors (Lipinski definition) is 1. The van der Waals surface area contributed by atoms with E-state index in [1.807, 2.05) is 0 Å². The largest absolute Gasteiger partial charge is 0.355 e. The number of carbonyl (C=O) groups excluding carboxylic acids is 1. The summed E-state index contributed by atoms with van der Waals surface area (Å²) in [6.07, 6.45) is 1.15. The van der Waals surface area contributed by atoms with E-state index >= 15 is 0 Å². The Morgan fingerprint density at radius 2 is 2.11 bits per heavy atom. The first-order chi connectivity index (χ1) is 9.15. The molecule has 1 amide bonds. The molecule has 1 N–H and O–H groups in total. The van der Waals surface area contributed by atoms with Gasteiger partial charge in [-0.15, -0.1) is 0 Å². The summed E-state index contributed by atoms with van der Waals surface area (Å²) >= 11 is 0. The van der Waals surface area contributed by atoms with Gasteiger partial charge in [-0.1, -0.05) is 44.2 Å². The molecule has 1 atom stereocenters. The number of rotatable bonds is 5. The molecule has 19 heavy (non-hydrogen) atoms. The van der Waals surface area contributed by atoms with Crippen molar-refractivity contribution in [2.24, 2.45) is 5.92 Å². The average Bonchev–Trinajstić information content (AvgIpc) is 2.86. The van der Waals surface area contributed by atoms with Gasteiger partial charge in [0.05, 0.1) is 6.54 Å². The van der Waals surface area contributed by atoms with Gasteiger partial charge in [0.2, 0.25) is 5.91 Å². The van der Waals surface area contributed by atoms with Gasteiger partial charge in [-0.25, -0.2) is 0 Å². The molecule has 3 nitrogen and oxygen atoms in total. The maximum absolute atomic E-state index is 11.8. The summed E-state index contributed by atoms with van der Waals surface area (Å²) in [7, 11) is 0. The minimum absolute atomic E-state index is 0.155. The van der Waals surface area contributed by atoms with E-state index in [-0.39, 0.29) is 5.91 Å². The number of nitrogens with one attached hydrogen (secondary N) is 1.